The van der Waals surface area contributed by atoms with Crippen LogP contribution in [0, 0.1) is 5.82 Å². The Morgan fingerprint density at radius 1 is 1.35 bits per heavy atom. The Labute approximate surface area is 101 Å². The van der Waals surface area contributed by atoms with Gasteiger partial charge < -0.3 is 5.32 Å². The van der Waals surface area contributed by atoms with Crippen LogP contribution in [0.1, 0.15) is 12.0 Å². The highest BCUT2D eigenvalue weighted by molar-refractivity contribution is 7.99. The number of halogens is 1. The smallest absolute Gasteiger partial charge is 0.319 e. The van der Waals surface area contributed by atoms with Crippen molar-refractivity contribution >= 4 is 23.7 Å². The Hall–Kier alpha value is -1.56. The molecule has 1 atom stereocenters. The van der Waals surface area contributed by atoms with E-state index >= 15 is 0 Å². The van der Waals surface area contributed by atoms with Gasteiger partial charge in [-0.05, 0) is 24.6 Å². The molecule has 1 saturated heterocycles. The van der Waals surface area contributed by atoms with Crippen molar-refractivity contribution in [2.75, 3.05) is 5.75 Å². The average Bonchev–Trinajstić information content (AvgIpc) is 2.56. The number of thioether (sulfide) groups is 1. The lowest BCUT2D eigenvalue weighted by molar-refractivity contribution is -0.124. The normalized spacial score (nSPS) is 26.6. The predicted molar refractivity (Wildman–Crippen MR) is 60.1 cm³/mol. The Kier molecular flexibility index (Phi) is 2.16. The highest BCUT2D eigenvalue weighted by Crippen LogP contribution is 2.42. The van der Waals surface area contributed by atoms with Gasteiger partial charge in [0.25, 0.3) is 5.91 Å². The third-order valence-corrected chi connectivity index (χ3v) is 4.15. The highest BCUT2D eigenvalue weighted by Gasteiger charge is 2.50. The van der Waals surface area contributed by atoms with Gasteiger partial charge in [-0.15, -0.1) is 11.8 Å². The maximum Gasteiger partial charge on any atom is 0.322 e. The van der Waals surface area contributed by atoms with E-state index in [1.165, 1.54) is 12.1 Å². The van der Waals surface area contributed by atoms with Gasteiger partial charge in [0, 0.05) is 16.2 Å². The summed E-state index contributed by atoms with van der Waals surface area (Å²) in [6.07, 6.45) is 0.478. The summed E-state index contributed by atoms with van der Waals surface area (Å²) < 4.78 is 13.3. The van der Waals surface area contributed by atoms with E-state index in [1.54, 1.807) is 17.8 Å². The molecule has 2 heterocycles. The zero-order chi connectivity index (χ0) is 12.0. The third-order valence-electron chi connectivity index (χ3n) is 3.08. The molecule has 88 valence electrons. The Balaban J connectivity index is 2.19. The second-order valence-corrected chi connectivity index (χ2v) is 5.19. The summed E-state index contributed by atoms with van der Waals surface area (Å²) in [6.45, 7) is 0. The molecular weight excluding hydrogens is 243 g/mol. The van der Waals surface area contributed by atoms with Crippen LogP contribution in [0.25, 0.3) is 0 Å². The molecule has 1 spiro atoms. The van der Waals surface area contributed by atoms with Gasteiger partial charge in [0.05, 0.1) is 0 Å². The van der Waals surface area contributed by atoms with E-state index in [1.807, 2.05) is 0 Å². The molecule has 6 heteroatoms. The lowest BCUT2D eigenvalue weighted by atomic mass is 9.87. The van der Waals surface area contributed by atoms with Crippen molar-refractivity contribution in [2.45, 2.75) is 16.9 Å². The second-order valence-electron chi connectivity index (χ2n) is 4.05. The zero-order valence-corrected chi connectivity index (χ0v) is 9.57. The summed E-state index contributed by atoms with van der Waals surface area (Å²) in [5.41, 5.74) is -0.531. The molecule has 1 aromatic rings. The van der Waals surface area contributed by atoms with Gasteiger partial charge in [0.2, 0.25) is 0 Å². The molecule has 3 rings (SSSR count). The van der Waals surface area contributed by atoms with E-state index in [0.29, 0.717) is 17.7 Å². The Morgan fingerprint density at radius 2 is 2.18 bits per heavy atom. The van der Waals surface area contributed by atoms with Crippen LogP contribution in [-0.2, 0) is 10.3 Å². The monoisotopic (exact) mass is 252 g/mol. The standard InChI is InChI=1S/C11H9FN2O2S/c12-6-1-2-8-7(5-6)11(3-4-17-8)9(15)13-10(16)14-11/h1-2,5H,3-4H2,(H2,13,14,15,16)/t11-/m1/s1. The van der Waals surface area contributed by atoms with Crippen LogP contribution in [0.5, 0.6) is 0 Å². The van der Waals surface area contributed by atoms with Crippen molar-refractivity contribution < 1.29 is 14.0 Å². The molecule has 2 aliphatic rings. The molecule has 17 heavy (non-hydrogen) atoms. The van der Waals surface area contributed by atoms with Gasteiger partial charge in [0.15, 0.2) is 0 Å². The summed E-state index contributed by atoms with van der Waals surface area (Å²) >= 11 is 1.56. The van der Waals surface area contributed by atoms with Gasteiger partial charge in [-0.1, -0.05) is 0 Å². The number of carbonyl (C=O) groups is 2. The summed E-state index contributed by atoms with van der Waals surface area (Å²) in [5.74, 6) is -0.0824. The first kappa shape index (κ1) is 10.6. The third kappa shape index (κ3) is 1.44. The fourth-order valence-corrected chi connectivity index (χ4v) is 3.45. The number of imide groups is 1. The van der Waals surface area contributed by atoms with Gasteiger partial charge >= 0.3 is 6.03 Å². The average molecular weight is 252 g/mol. The van der Waals surface area contributed by atoms with Crippen molar-refractivity contribution in [3.63, 3.8) is 0 Å². The van der Waals surface area contributed by atoms with E-state index < -0.39 is 23.3 Å². The first-order valence-electron chi connectivity index (χ1n) is 5.18. The summed E-state index contributed by atoms with van der Waals surface area (Å²) in [6, 6.07) is 3.82. The predicted octanol–water partition coefficient (Wildman–Crippen LogP) is 1.36. The molecular formula is C11H9FN2O2S. The van der Waals surface area contributed by atoms with E-state index in [2.05, 4.69) is 10.6 Å². The van der Waals surface area contributed by atoms with Crippen molar-refractivity contribution in [3.8, 4) is 0 Å². The lowest BCUT2D eigenvalue weighted by Gasteiger charge is -2.32. The van der Waals surface area contributed by atoms with Crippen molar-refractivity contribution in [1.82, 2.24) is 10.6 Å². The summed E-state index contributed by atoms with van der Waals surface area (Å²) in [5, 5.41) is 4.84. The summed E-state index contributed by atoms with van der Waals surface area (Å²) in [7, 11) is 0. The van der Waals surface area contributed by atoms with Gasteiger partial charge in [-0.3, -0.25) is 10.1 Å². The van der Waals surface area contributed by atoms with Crippen molar-refractivity contribution in [1.29, 1.82) is 0 Å². The topological polar surface area (TPSA) is 58.2 Å². The molecule has 0 radical (unpaired) electrons. The van der Waals surface area contributed by atoms with Crippen LogP contribution < -0.4 is 10.6 Å². The fraction of sp³-hybridized carbons (Fsp3) is 0.273. The van der Waals surface area contributed by atoms with E-state index in [9.17, 15) is 14.0 Å². The molecule has 0 saturated carbocycles. The van der Waals surface area contributed by atoms with Crippen LogP contribution >= 0.6 is 11.8 Å². The number of nitrogens with one attached hydrogen (secondary N) is 2. The first-order valence-corrected chi connectivity index (χ1v) is 6.17. The molecule has 0 aliphatic carbocycles. The molecule has 0 unspecified atom stereocenters. The number of urea groups is 1. The maximum atomic E-state index is 13.3. The minimum atomic E-state index is -1.08. The number of fused-ring (bicyclic) bond motifs is 2. The van der Waals surface area contributed by atoms with Crippen molar-refractivity contribution in [2.24, 2.45) is 0 Å². The maximum absolute atomic E-state index is 13.3. The first-order chi connectivity index (χ1) is 8.12. The minimum Gasteiger partial charge on any atom is -0.319 e. The Morgan fingerprint density at radius 3 is 2.88 bits per heavy atom. The zero-order valence-electron chi connectivity index (χ0n) is 8.75. The SMILES string of the molecule is O=C1NC(=O)[C@]2(CCSc3ccc(F)cc32)N1. The molecule has 4 nitrogen and oxygen atoms in total. The minimum absolute atomic E-state index is 0.394. The number of hydrogen-bond donors (Lipinski definition) is 2. The molecule has 2 aliphatic heterocycles. The summed E-state index contributed by atoms with van der Waals surface area (Å²) in [4.78, 5) is 24.0. The number of benzene rings is 1. The van der Waals surface area contributed by atoms with Crippen LogP contribution in [-0.4, -0.2) is 17.7 Å². The quantitative estimate of drug-likeness (QED) is 0.685. The lowest BCUT2D eigenvalue weighted by Crippen LogP contribution is -2.46. The second kappa shape index (κ2) is 3.46. The van der Waals surface area contributed by atoms with E-state index in [4.69, 9.17) is 0 Å². The van der Waals surface area contributed by atoms with Crippen LogP contribution in [0.4, 0.5) is 9.18 Å². The molecule has 3 amide bonds. The van der Waals surface area contributed by atoms with Crippen LogP contribution in [0.3, 0.4) is 0 Å². The highest BCUT2D eigenvalue weighted by atomic mass is 32.2. The fourth-order valence-electron chi connectivity index (χ4n) is 2.27. The Bertz CT molecular complexity index is 534. The number of rotatable bonds is 0. The molecule has 1 aromatic carbocycles. The molecule has 1 fully saturated rings. The molecule has 0 bridgehead atoms. The van der Waals surface area contributed by atoms with E-state index in [0.717, 1.165) is 4.90 Å². The number of hydrogen-bond acceptors (Lipinski definition) is 3. The van der Waals surface area contributed by atoms with Gasteiger partial charge in [-0.25, -0.2) is 9.18 Å². The largest absolute Gasteiger partial charge is 0.322 e. The molecule has 0 aromatic heterocycles. The van der Waals surface area contributed by atoms with Crippen molar-refractivity contribution in [3.05, 3.63) is 29.6 Å². The molecule has 2 N–H and O–H groups in total. The van der Waals surface area contributed by atoms with Gasteiger partial charge in [0.1, 0.15) is 11.4 Å². The number of carbonyl (C=O) groups excluding carboxylic acids is 2. The van der Waals surface area contributed by atoms with Crippen LogP contribution in [0.2, 0.25) is 0 Å². The van der Waals surface area contributed by atoms with E-state index in [-0.39, 0.29) is 0 Å². The van der Waals surface area contributed by atoms with Crippen LogP contribution in [0.15, 0.2) is 23.1 Å². The number of amides is 3. The van der Waals surface area contributed by atoms with Gasteiger partial charge in [-0.2, -0.15) is 0 Å².